The maximum atomic E-state index is 7.33. The van der Waals surface area contributed by atoms with Gasteiger partial charge in [-0.25, -0.2) is 9.83 Å². The molecule has 0 aliphatic carbocycles. The van der Waals surface area contributed by atoms with Gasteiger partial charge in [0.1, 0.15) is 5.01 Å². The number of para-hydroxylation sites is 2. The van der Waals surface area contributed by atoms with Crippen LogP contribution in [0, 0.1) is 6.57 Å². The second-order valence-corrected chi connectivity index (χ2v) is 11.0. The minimum Gasteiger partial charge on any atom is -0.309 e. The molecule has 1 aromatic heterocycles. The Morgan fingerprint density at radius 3 is 1.67 bits per heavy atom. The highest BCUT2D eigenvalue weighted by atomic mass is 32.1. The smallest absolute Gasteiger partial charge is 0.189 e. The van der Waals surface area contributed by atoms with Crippen LogP contribution in [0.25, 0.3) is 47.9 Å². The summed E-state index contributed by atoms with van der Waals surface area (Å²) in [5, 5.41) is 0.944. The van der Waals surface area contributed by atoms with Crippen molar-refractivity contribution in [1.82, 2.24) is 4.98 Å². The summed E-state index contributed by atoms with van der Waals surface area (Å²) in [6, 6.07) is 52.6. The molecule has 0 fully saturated rings. The van der Waals surface area contributed by atoms with Gasteiger partial charge in [-0.3, -0.25) is 0 Å². The van der Waals surface area contributed by atoms with Crippen LogP contribution in [0.3, 0.4) is 0 Å². The molecule has 1 heterocycles. The highest BCUT2D eigenvalue weighted by molar-refractivity contribution is 7.21. The molecule has 4 heteroatoms. The molecule has 7 aromatic rings. The fourth-order valence-electron chi connectivity index (χ4n) is 5.33. The Morgan fingerprint density at radius 1 is 0.548 bits per heavy atom. The number of nitrogens with zero attached hydrogens (tertiary/aromatic N) is 3. The van der Waals surface area contributed by atoms with Crippen molar-refractivity contribution in [2.45, 2.75) is 0 Å². The van der Waals surface area contributed by atoms with Crippen LogP contribution in [0.2, 0.25) is 0 Å². The summed E-state index contributed by atoms with van der Waals surface area (Å²) in [4.78, 5) is 10.8. The Morgan fingerprint density at radius 2 is 1.10 bits per heavy atom. The summed E-state index contributed by atoms with van der Waals surface area (Å²) in [5.41, 5.74) is 10.4. The number of fused-ring (bicyclic) bond motifs is 1. The van der Waals surface area contributed by atoms with Crippen LogP contribution >= 0.6 is 11.3 Å². The molecular weight excluding hydrogens is 531 g/mol. The van der Waals surface area contributed by atoms with E-state index in [2.05, 4.69) is 143 Å². The predicted molar refractivity (Wildman–Crippen MR) is 177 cm³/mol. The minimum atomic E-state index is 0.611. The molecule has 42 heavy (non-hydrogen) atoms. The van der Waals surface area contributed by atoms with E-state index in [4.69, 9.17) is 11.6 Å². The summed E-state index contributed by atoms with van der Waals surface area (Å²) < 4.78 is 1.08. The van der Waals surface area contributed by atoms with Crippen molar-refractivity contribution in [3.8, 4) is 32.8 Å². The molecular formula is C38H25N3S. The first-order valence-electron chi connectivity index (χ1n) is 13.8. The number of rotatable bonds is 6. The molecule has 0 unspecified atom stereocenters. The summed E-state index contributed by atoms with van der Waals surface area (Å²) in [5.74, 6) is 0. The van der Waals surface area contributed by atoms with Crippen molar-refractivity contribution >= 4 is 44.3 Å². The van der Waals surface area contributed by atoms with Crippen molar-refractivity contribution in [1.29, 1.82) is 0 Å². The number of thiazole rings is 1. The third kappa shape index (κ3) is 4.83. The van der Waals surface area contributed by atoms with Gasteiger partial charge in [0.2, 0.25) is 0 Å². The van der Waals surface area contributed by atoms with Gasteiger partial charge in [0.05, 0.1) is 28.2 Å². The maximum Gasteiger partial charge on any atom is 0.189 e. The summed E-state index contributed by atoms with van der Waals surface area (Å²) >= 11 is 1.65. The lowest BCUT2D eigenvalue weighted by molar-refractivity contribution is 1.28. The lowest BCUT2D eigenvalue weighted by Crippen LogP contribution is -2.12. The number of hydrogen-bond acceptors (Lipinski definition) is 3. The molecule has 0 N–H and O–H groups in total. The zero-order valence-corrected chi connectivity index (χ0v) is 23.5. The van der Waals surface area contributed by atoms with E-state index in [9.17, 15) is 0 Å². The van der Waals surface area contributed by atoms with Crippen LogP contribution in [0.15, 0.2) is 152 Å². The van der Waals surface area contributed by atoms with Gasteiger partial charge in [0, 0.05) is 22.4 Å². The van der Waals surface area contributed by atoms with Crippen LogP contribution in [0.5, 0.6) is 0 Å². The van der Waals surface area contributed by atoms with Crippen LogP contribution < -0.4 is 4.90 Å². The van der Waals surface area contributed by atoms with E-state index in [-0.39, 0.29) is 0 Å². The Bertz CT molecular complexity index is 1960. The average Bonchev–Trinajstić information content (AvgIpc) is 3.50. The largest absolute Gasteiger partial charge is 0.309 e. The van der Waals surface area contributed by atoms with Gasteiger partial charge in [-0.15, -0.1) is 11.3 Å². The van der Waals surface area contributed by atoms with E-state index in [0.29, 0.717) is 5.69 Å². The van der Waals surface area contributed by atoms with Crippen molar-refractivity contribution in [3.63, 3.8) is 0 Å². The van der Waals surface area contributed by atoms with Crippen LogP contribution in [-0.2, 0) is 0 Å². The van der Waals surface area contributed by atoms with Gasteiger partial charge < -0.3 is 4.90 Å². The first-order chi connectivity index (χ1) is 20.8. The van der Waals surface area contributed by atoms with E-state index >= 15 is 0 Å². The lowest BCUT2D eigenvalue weighted by atomic mass is 9.99. The molecule has 0 atom stereocenters. The predicted octanol–water partition coefficient (Wildman–Crippen LogP) is 11.3. The van der Waals surface area contributed by atoms with Crippen LogP contribution in [-0.4, -0.2) is 4.98 Å². The highest BCUT2D eigenvalue weighted by Crippen LogP contribution is 2.45. The molecule has 198 valence electrons. The van der Waals surface area contributed by atoms with E-state index in [0.717, 1.165) is 49.0 Å². The van der Waals surface area contributed by atoms with Crippen LogP contribution in [0.4, 0.5) is 22.7 Å². The first kappa shape index (κ1) is 25.5. The Labute approximate surface area is 249 Å². The second kappa shape index (κ2) is 11.2. The minimum absolute atomic E-state index is 0.611. The van der Waals surface area contributed by atoms with Crippen molar-refractivity contribution in [2.24, 2.45) is 0 Å². The molecule has 0 spiro atoms. The van der Waals surface area contributed by atoms with Gasteiger partial charge in [0.25, 0.3) is 0 Å². The highest BCUT2D eigenvalue weighted by Gasteiger charge is 2.20. The molecule has 7 rings (SSSR count). The zero-order valence-electron chi connectivity index (χ0n) is 22.7. The fourth-order valence-corrected chi connectivity index (χ4v) is 6.28. The molecule has 3 nitrogen and oxygen atoms in total. The number of anilines is 3. The standard InChI is InChI=1S/C38H25N3S/c1-39-30-22-25-37-34(26-30)40-38(42-37)29-20-23-31(24-21-29)41(35-18-10-8-16-32(35)27-12-4-2-5-13-27)36-19-11-9-17-33(36)28-14-6-3-7-15-28/h2-26H. The molecule has 0 aliphatic rings. The maximum absolute atomic E-state index is 7.33. The number of hydrogen-bond donors (Lipinski definition) is 0. The summed E-state index contributed by atoms with van der Waals surface area (Å²) in [6.07, 6.45) is 0. The zero-order chi connectivity index (χ0) is 28.3. The third-order valence-electron chi connectivity index (χ3n) is 7.33. The second-order valence-electron chi connectivity index (χ2n) is 9.93. The molecule has 0 radical (unpaired) electrons. The molecule has 0 amide bonds. The van der Waals surface area contributed by atoms with Crippen molar-refractivity contribution in [3.05, 3.63) is 163 Å². The Balaban J connectivity index is 1.39. The summed E-state index contributed by atoms with van der Waals surface area (Å²) in [6.45, 7) is 7.33. The van der Waals surface area contributed by atoms with Gasteiger partial charge in [-0.1, -0.05) is 109 Å². The van der Waals surface area contributed by atoms with Crippen LogP contribution in [0.1, 0.15) is 0 Å². The first-order valence-corrected chi connectivity index (χ1v) is 14.6. The molecule has 0 saturated heterocycles. The average molecular weight is 556 g/mol. The van der Waals surface area contributed by atoms with Crippen molar-refractivity contribution in [2.75, 3.05) is 4.90 Å². The SMILES string of the molecule is [C-]#[N+]c1ccc2sc(-c3ccc(N(c4ccccc4-c4ccccc4)c4ccccc4-c4ccccc4)cc3)nc2c1. The van der Waals surface area contributed by atoms with Gasteiger partial charge in [0.15, 0.2) is 5.69 Å². The topological polar surface area (TPSA) is 20.5 Å². The molecule has 0 saturated carbocycles. The monoisotopic (exact) mass is 555 g/mol. The summed E-state index contributed by atoms with van der Waals surface area (Å²) in [7, 11) is 0. The lowest BCUT2D eigenvalue weighted by Gasteiger charge is -2.30. The van der Waals surface area contributed by atoms with E-state index < -0.39 is 0 Å². The van der Waals surface area contributed by atoms with E-state index in [1.54, 1.807) is 11.3 Å². The molecule has 0 aliphatic heterocycles. The van der Waals surface area contributed by atoms with Gasteiger partial charge >= 0.3 is 0 Å². The quantitative estimate of drug-likeness (QED) is 0.190. The number of aromatic nitrogens is 1. The van der Waals surface area contributed by atoms with Gasteiger partial charge in [-0.2, -0.15) is 0 Å². The molecule has 6 aromatic carbocycles. The normalized spacial score (nSPS) is 10.8. The number of benzene rings is 6. The molecule has 0 bridgehead atoms. The Hall–Kier alpha value is -5.50. The Kier molecular flexibility index (Phi) is 6.77. The fraction of sp³-hybridized carbons (Fsp3) is 0. The van der Waals surface area contributed by atoms with E-state index in [1.165, 1.54) is 11.1 Å². The van der Waals surface area contributed by atoms with E-state index in [1.807, 2.05) is 18.2 Å². The van der Waals surface area contributed by atoms with Gasteiger partial charge in [-0.05, 0) is 53.6 Å². The third-order valence-corrected chi connectivity index (χ3v) is 8.42. The van der Waals surface area contributed by atoms with Crippen molar-refractivity contribution < 1.29 is 0 Å².